The van der Waals surface area contributed by atoms with Crippen LogP contribution >= 0.6 is 39.1 Å². The van der Waals surface area contributed by atoms with Crippen LogP contribution < -0.4 is 5.32 Å². The van der Waals surface area contributed by atoms with Crippen molar-refractivity contribution in [2.75, 3.05) is 5.32 Å². The van der Waals surface area contributed by atoms with Gasteiger partial charge in [0.1, 0.15) is 5.82 Å². The van der Waals surface area contributed by atoms with Crippen LogP contribution in [-0.4, -0.2) is 5.91 Å². The predicted molar refractivity (Wildman–Crippen MR) is 78.5 cm³/mol. The van der Waals surface area contributed by atoms with Crippen LogP contribution in [-0.2, 0) is 0 Å². The molecule has 2 nitrogen and oxygen atoms in total. The minimum Gasteiger partial charge on any atom is -0.322 e. The summed E-state index contributed by atoms with van der Waals surface area (Å²) < 4.78 is 14.0. The fourth-order valence-electron chi connectivity index (χ4n) is 1.48. The van der Waals surface area contributed by atoms with E-state index in [0.717, 1.165) is 0 Å². The van der Waals surface area contributed by atoms with Crippen molar-refractivity contribution in [2.24, 2.45) is 0 Å². The highest BCUT2D eigenvalue weighted by molar-refractivity contribution is 9.10. The molecule has 0 heterocycles. The summed E-state index contributed by atoms with van der Waals surface area (Å²) in [5.74, 6) is -1.17. The van der Waals surface area contributed by atoms with Crippen LogP contribution in [0.5, 0.6) is 0 Å². The van der Waals surface area contributed by atoms with E-state index in [4.69, 9.17) is 23.2 Å². The molecular weight excluding hydrogens is 356 g/mol. The number of benzene rings is 2. The molecule has 0 aliphatic rings. The van der Waals surface area contributed by atoms with Gasteiger partial charge in [0.2, 0.25) is 0 Å². The van der Waals surface area contributed by atoms with Gasteiger partial charge in [-0.1, -0.05) is 29.3 Å². The van der Waals surface area contributed by atoms with Crippen molar-refractivity contribution >= 4 is 50.7 Å². The van der Waals surface area contributed by atoms with Gasteiger partial charge in [-0.2, -0.15) is 0 Å². The van der Waals surface area contributed by atoms with Crippen LogP contribution in [0.15, 0.2) is 40.9 Å². The molecule has 2 rings (SSSR count). The Labute approximate surface area is 127 Å². The summed E-state index contributed by atoms with van der Waals surface area (Å²) in [6, 6.07) is 8.95. The van der Waals surface area contributed by atoms with Gasteiger partial charge < -0.3 is 5.32 Å². The van der Waals surface area contributed by atoms with Crippen LogP contribution in [0.3, 0.4) is 0 Å². The second-order valence-corrected chi connectivity index (χ2v) is 5.35. The third kappa shape index (κ3) is 3.26. The molecule has 0 aliphatic carbocycles. The Morgan fingerprint density at radius 2 is 1.89 bits per heavy atom. The second kappa shape index (κ2) is 5.90. The summed E-state index contributed by atoms with van der Waals surface area (Å²) in [5, 5.41) is 3.25. The maximum absolute atomic E-state index is 13.6. The molecule has 0 spiro atoms. The fraction of sp³-hybridized carbons (Fsp3) is 0. The Balaban J connectivity index is 2.28. The summed E-state index contributed by atoms with van der Waals surface area (Å²) >= 11 is 14.8. The number of nitrogens with one attached hydrogen (secondary N) is 1. The Kier molecular flexibility index (Phi) is 4.45. The van der Waals surface area contributed by atoms with E-state index in [1.54, 1.807) is 18.2 Å². The van der Waals surface area contributed by atoms with Crippen molar-refractivity contribution in [3.8, 4) is 0 Å². The van der Waals surface area contributed by atoms with Crippen LogP contribution in [0, 0.1) is 5.82 Å². The highest BCUT2D eigenvalue weighted by Gasteiger charge is 2.15. The molecule has 2 aromatic carbocycles. The molecule has 2 aromatic rings. The van der Waals surface area contributed by atoms with Gasteiger partial charge >= 0.3 is 0 Å². The average Bonchev–Trinajstić information content (AvgIpc) is 2.33. The third-order valence-electron chi connectivity index (χ3n) is 2.37. The molecular formula is C13H7BrCl2FNO. The van der Waals surface area contributed by atoms with E-state index in [1.807, 2.05) is 0 Å². The van der Waals surface area contributed by atoms with Crippen molar-refractivity contribution < 1.29 is 9.18 Å². The first kappa shape index (κ1) is 14.3. The molecule has 19 heavy (non-hydrogen) atoms. The Bertz CT molecular complexity index is 628. The molecule has 1 N–H and O–H groups in total. The van der Waals surface area contributed by atoms with E-state index < -0.39 is 11.7 Å². The summed E-state index contributed by atoms with van der Waals surface area (Å²) in [7, 11) is 0. The van der Waals surface area contributed by atoms with Gasteiger partial charge in [0, 0.05) is 10.2 Å². The number of hydrogen-bond acceptors (Lipinski definition) is 1. The van der Waals surface area contributed by atoms with Gasteiger partial charge in [0.25, 0.3) is 5.91 Å². The van der Waals surface area contributed by atoms with Crippen molar-refractivity contribution in [1.29, 1.82) is 0 Å². The first-order valence-corrected chi connectivity index (χ1v) is 6.74. The summed E-state index contributed by atoms with van der Waals surface area (Å²) in [6.07, 6.45) is 0. The van der Waals surface area contributed by atoms with Crippen molar-refractivity contribution in [3.63, 3.8) is 0 Å². The van der Waals surface area contributed by atoms with Crippen LogP contribution in [0.2, 0.25) is 10.0 Å². The number of carbonyl (C=O) groups is 1. The second-order valence-electron chi connectivity index (χ2n) is 3.68. The van der Waals surface area contributed by atoms with Gasteiger partial charge in [-0.25, -0.2) is 4.39 Å². The van der Waals surface area contributed by atoms with Crippen LogP contribution in [0.1, 0.15) is 10.4 Å². The van der Waals surface area contributed by atoms with Crippen LogP contribution in [0.4, 0.5) is 10.1 Å². The van der Waals surface area contributed by atoms with Gasteiger partial charge in [-0.15, -0.1) is 0 Å². The largest absolute Gasteiger partial charge is 0.322 e. The molecule has 0 aromatic heterocycles. The lowest BCUT2D eigenvalue weighted by Crippen LogP contribution is -2.14. The third-order valence-corrected chi connectivity index (χ3v) is 3.77. The highest BCUT2D eigenvalue weighted by Crippen LogP contribution is 2.26. The van der Waals surface area contributed by atoms with E-state index in [0.29, 0.717) is 20.2 Å². The average molecular weight is 363 g/mol. The first-order chi connectivity index (χ1) is 8.99. The monoisotopic (exact) mass is 361 g/mol. The van der Waals surface area contributed by atoms with E-state index >= 15 is 0 Å². The highest BCUT2D eigenvalue weighted by atomic mass is 79.9. The van der Waals surface area contributed by atoms with E-state index in [1.165, 1.54) is 18.2 Å². The predicted octanol–water partition coefficient (Wildman–Crippen LogP) is 5.15. The zero-order chi connectivity index (χ0) is 14.0. The number of halogens is 4. The molecule has 0 aliphatic heterocycles. The lowest BCUT2D eigenvalue weighted by atomic mass is 10.2. The number of amides is 1. The number of rotatable bonds is 2. The lowest BCUT2D eigenvalue weighted by molar-refractivity contribution is 0.102. The van der Waals surface area contributed by atoms with Gasteiger partial charge in [0.15, 0.2) is 0 Å². The number of anilines is 1. The number of carbonyl (C=O) groups excluding carboxylic acids is 1. The molecule has 0 bridgehead atoms. The number of hydrogen-bond donors (Lipinski definition) is 1. The zero-order valence-electron chi connectivity index (χ0n) is 9.38. The van der Waals surface area contributed by atoms with Gasteiger partial charge in [-0.05, 0) is 46.3 Å². The molecule has 0 fully saturated rings. The quantitative estimate of drug-likeness (QED) is 0.786. The van der Waals surface area contributed by atoms with E-state index in [-0.39, 0.29) is 5.56 Å². The smallest absolute Gasteiger partial charge is 0.259 e. The summed E-state index contributed by atoms with van der Waals surface area (Å²) in [5.41, 5.74) is 0.378. The van der Waals surface area contributed by atoms with Gasteiger partial charge in [-0.3, -0.25) is 4.79 Å². The molecule has 0 radical (unpaired) electrons. The van der Waals surface area contributed by atoms with E-state index in [9.17, 15) is 9.18 Å². The lowest BCUT2D eigenvalue weighted by Gasteiger charge is -2.08. The Morgan fingerprint density at radius 1 is 1.16 bits per heavy atom. The minimum absolute atomic E-state index is 0.0615. The van der Waals surface area contributed by atoms with Gasteiger partial charge in [0.05, 0.1) is 15.6 Å². The molecule has 0 saturated heterocycles. The Hall–Kier alpha value is -1.10. The topological polar surface area (TPSA) is 29.1 Å². The Morgan fingerprint density at radius 3 is 2.53 bits per heavy atom. The standard InChI is InChI=1S/C13H7BrCl2FNO/c14-8-2-1-3-11(17)12(8)13(19)18-7-4-5-9(15)10(16)6-7/h1-6H,(H,18,19). The fourth-order valence-corrected chi connectivity index (χ4v) is 2.30. The summed E-state index contributed by atoms with van der Waals surface area (Å²) in [6.45, 7) is 0. The molecule has 0 saturated carbocycles. The normalized spacial score (nSPS) is 10.3. The summed E-state index contributed by atoms with van der Waals surface area (Å²) in [4.78, 5) is 12.0. The SMILES string of the molecule is O=C(Nc1ccc(Cl)c(Cl)c1)c1c(F)cccc1Br. The first-order valence-electron chi connectivity index (χ1n) is 5.19. The molecule has 0 atom stereocenters. The molecule has 1 amide bonds. The van der Waals surface area contributed by atoms with Crippen LogP contribution in [0.25, 0.3) is 0 Å². The minimum atomic E-state index is -0.605. The zero-order valence-corrected chi connectivity index (χ0v) is 12.5. The van der Waals surface area contributed by atoms with Crippen molar-refractivity contribution in [1.82, 2.24) is 0 Å². The molecule has 6 heteroatoms. The molecule has 0 unspecified atom stereocenters. The van der Waals surface area contributed by atoms with E-state index in [2.05, 4.69) is 21.2 Å². The van der Waals surface area contributed by atoms with Crippen molar-refractivity contribution in [2.45, 2.75) is 0 Å². The molecule has 98 valence electrons. The maximum Gasteiger partial charge on any atom is 0.259 e. The van der Waals surface area contributed by atoms with Crippen molar-refractivity contribution in [3.05, 3.63) is 62.3 Å². The maximum atomic E-state index is 13.6.